The first kappa shape index (κ1) is 29.3. The van der Waals surface area contributed by atoms with E-state index >= 15 is 0 Å². The number of ether oxygens (including phenoxy) is 3. The van der Waals surface area contributed by atoms with E-state index < -0.39 is 35.7 Å². The highest BCUT2D eigenvalue weighted by atomic mass is 16.5. The Morgan fingerprint density at radius 1 is 1.05 bits per heavy atom. The van der Waals surface area contributed by atoms with Gasteiger partial charge < -0.3 is 40.9 Å². The molecule has 0 unspecified atom stereocenters. The van der Waals surface area contributed by atoms with Crippen molar-refractivity contribution in [2.24, 2.45) is 17.6 Å². The molecule has 40 heavy (non-hydrogen) atoms. The van der Waals surface area contributed by atoms with Gasteiger partial charge in [-0.3, -0.25) is 19.2 Å². The van der Waals surface area contributed by atoms with Crippen molar-refractivity contribution in [2.75, 3.05) is 40.1 Å². The Labute approximate surface area is 233 Å². The molecule has 1 saturated heterocycles. The molecule has 12 nitrogen and oxygen atoms in total. The maximum Gasteiger partial charge on any atom is 0.268 e. The quantitative estimate of drug-likeness (QED) is 0.191. The number of hydrogen-bond donors (Lipinski definition) is 5. The van der Waals surface area contributed by atoms with Gasteiger partial charge >= 0.3 is 0 Å². The number of carbonyl (C=O) groups is 4. The average Bonchev–Trinajstić information content (AvgIpc) is 3.64. The van der Waals surface area contributed by atoms with Crippen LogP contribution < -0.4 is 26.4 Å². The van der Waals surface area contributed by atoms with E-state index in [1.807, 2.05) is 18.2 Å². The smallest absolute Gasteiger partial charge is 0.268 e. The zero-order valence-electron chi connectivity index (χ0n) is 22.8. The number of benzene rings is 1. The van der Waals surface area contributed by atoms with Gasteiger partial charge in [0.25, 0.3) is 5.91 Å². The van der Waals surface area contributed by atoms with Crippen LogP contribution in [0.3, 0.4) is 0 Å². The number of aromatic nitrogens is 1. The van der Waals surface area contributed by atoms with E-state index in [0.717, 1.165) is 24.6 Å². The Bertz CT molecular complexity index is 1190. The zero-order chi connectivity index (χ0) is 28.5. The first-order valence-corrected chi connectivity index (χ1v) is 13.8. The van der Waals surface area contributed by atoms with Gasteiger partial charge in [-0.15, -0.1) is 0 Å². The fourth-order valence-corrected chi connectivity index (χ4v) is 4.85. The van der Waals surface area contributed by atoms with Gasteiger partial charge in [0.05, 0.1) is 19.8 Å². The minimum atomic E-state index is -1.01. The van der Waals surface area contributed by atoms with Crippen LogP contribution in [0, 0.1) is 11.8 Å². The van der Waals surface area contributed by atoms with Crippen molar-refractivity contribution in [2.45, 2.75) is 50.6 Å². The van der Waals surface area contributed by atoms with Gasteiger partial charge in [-0.25, -0.2) is 0 Å². The van der Waals surface area contributed by atoms with Crippen LogP contribution in [0.15, 0.2) is 24.3 Å². The SMILES string of the molecule is COCCOCCOc1cccc2[nH]c(C(=O)N[C@@H](CC3CC3)C(=O)N[C@@H](C[C@@H]3CCCNC3=O)C(N)=O)cc12. The Morgan fingerprint density at radius 3 is 2.58 bits per heavy atom. The maximum absolute atomic E-state index is 13.3. The third-order valence-corrected chi connectivity index (χ3v) is 7.25. The molecule has 1 saturated carbocycles. The number of piperidine rings is 1. The zero-order valence-corrected chi connectivity index (χ0v) is 22.8. The number of primary amides is 1. The van der Waals surface area contributed by atoms with Crippen molar-refractivity contribution < 1.29 is 33.4 Å². The van der Waals surface area contributed by atoms with Crippen LogP contribution in [-0.2, 0) is 23.9 Å². The normalized spacial score (nSPS) is 18.5. The van der Waals surface area contributed by atoms with E-state index in [4.69, 9.17) is 19.9 Å². The van der Waals surface area contributed by atoms with E-state index in [1.165, 1.54) is 0 Å². The third kappa shape index (κ3) is 8.18. The summed E-state index contributed by atoms with van der Waals surface area (Å²) in [5.41, 5.74) is 6.57. The second kappa shape index (κ2) is 14.1. The molecule has 1 aliphatic carbocycles. The average molecular weight is 558 g/mol. The van der Waals surface area contributed by atoms with Crippen molar-refractivity contribution in [3.8, 4) is 5.75 Å². The molecule has 0 spiro atoms. The minimum absolute atomic E-state index is 0.124. The fourth-order valence-electron chi connectivity index (χ4n) is 4.85. The van der Waals surface area contributed by atoms with Crippen molar-refractivity contribution in [1.29, 1.82) is 0 Å². The molecule has 4 amide bonds. The minimum Gasteiger partial charge on any atom is -0.490 e. The number of fused-ring (bicyclic) bond motifs is 1. The summed E-state index contributed by atoms with van der Waals surface area (Å²) >= 11 is 0. The lowest BCUT2D eigenvalue weighted by Gasteiger charge is -2.27. The molecule has 2 aliphatic rings. The number of hydrogen-bond acceptors (Lipinski definition) is 7. The summed E-state index contributed by atoms with van der Waals surface area (Å²) in [7, 11) is 1.61. The molecule has 1 aliphatic heterocycles. The topological polar surface area (TPSA) is 174 Å². The van der Waals surface area contributed by atoms with Crippen LogP contribution in [0.5, 0.6) is 5.75 Å². The summed E-state index contributed by atoms with van der Waals surface area (Å²) in [4.78, 5) is 53.9. The standard InChI is InChI=1S/C28H39N5O7/c1-38-10-11-39-12-13-40-24-6-2-5-20-19(24)16-23(31-20)28(37)33-22(14-17-7-8-17)27(36)32-21(25(29)34)15-18-4-3-9-30-26(18)35/h2,5-6,16-18,21-22,31H,3-4,7-15H2,1H3,(H2,29,34)(H,30,35)(H,32,36)(H,33,37)/t18-,21-,22-/m0/s1. The Hall–Kier alpha value is -3.64. The number of nitrogens with two attached hydrogens (primary N) is 1. The molecule has 2 fully saturated rings. The Morgan fingerprint density at radius 2 is 1.85 bits per heavy atom. The molecule has 1 aromatic carbocycles. The maximum atomic E-state index is 13.3. The number of amides is 4. The number of rotatable bonds is 16. The molecule has 0 radical (unpaired) electrons. The molecule has 1 aromatic heterocycles. The second-order valence-electron chi connectivity index (χ2n) is 10.4. The van der Waals surface area contributed by atoms with E-state index in [9.17, 15) is 19.2 Å². The van der Waals surface area contributed by atoms with E-state index in [2.05, 4.69) is 20.9 Å². The molecular formula is C28H39N5O7. The number of methoxy groups -OCH3 is 1. The summed E-state index contributed by atoms with van der Waals surface area (Å²) < 4.78 is 16.2. The van der Waals surface area contributed by atoms with Crippen LogP contribution in [0.2, 0.25) is 0 Å². The summed E-state index contributed by atoms with van der Waals surface area (Å²) in [6, 6.07) is 5.29. The van der Waals surface area contributed by atoms with Crippen LogP contribution in [0.25, 0.3) is 10.9 Å². The highest BCUT2D eigenvalue weighted by Crippen LogP contribution is 2.34. The lowest BCUT2D eigenvalue weighted by molar-refractivity contribution is -0.131. The van der Waals surface area contributed by atoms with Crippen molar-refractivity contribution in [3.05, 3.63) is 30.0 Å². The van der Waals surface area contributed by atoms with Crippen molar-refractivity contribution in [3.63, 3.8) is 0 Å². The van der Waals surface area contributed by atoms with Crippen LogP contribution in [0.4, 0.5) is 0 Å². The van der Waals surface area contributed by atoms with Gasteiger partial charge in [-0.1, -0.05) is 18.9 Å². The Balaban J connectivity index is 1.40. The van der Waals surface area contributed by atoms with Gasteiger partial charge in [0.15, 0.2) is 0 Å². The molecule has 2 aromatic rings. The van der Waals surface area contributed by atoms with Gasteiger partial charge in [-0.2, -0.15) is 0 Å². The van der Waals surface area contributed by atoms with Crippen LogP contribution in [-0.4, -0.2) is 80.8 Å². The molecule has 12 heteroatoms. The predicted octanol–water partition coefficient (Wildman–Crippen LogP) is 0.995. The largest absolute Gasteiger partial charge is 0.490 e. The van der Waals surface area contributed by atoms with Gasteiger partial charge in [0.2, 0.25) is 17.7 Å². The Kier molecular flexibility index (Phi) is 10.4. The summed E-state index contributed by atoms with van der Waals surface area (Å²) in [6.07, 6.45) is 3.95. The number of carbonyl (C=O) groups excluding carboxylic acids is 4. The number of nitrogens with one attached hydrogen (secondary N) is 4. The molecule has 2 heterocycles. The second-order valence-corrected chi connectivity index (χ2v) is 10.4. The third-order valence-electron chi connectivity index (χ3n) is 7.25. The van der Waals surface area contributed by atoms with E-state index in [-0.39, 0.29) is 18.0 Å². The molecule has 218 valence electrons. The van der Waals surface area contributed by atoms with Gasteiger partial charge in [0.1, 0.15) is 30.1 Å². The first-order chi connectivity index (χ1) is 19.4. The lowest BCUT2D eigenvalue weighted by atomic mass is 9.91. The fraction of sp³-hybridized carbons (Fsp3) is 0.571. The van der Waals surface area contributed by atoms with Gasteiger partial charge in [0, 0.05) is 30.5 Å². The number of aromatic amines is 1. The van der Waals surface area contributed by atoms with Crippen LogP contribution in [0.1, 0.15) is 49.0 Å². The number of H-pyrrole nitrogens is 1. The lowest BCUT2D eigenvalue weighted by Crippen LogP contribution is -2.54. The predicted molar refractivity (Wildman–Crippen MR) is 147 cm³/mol. The summed E-state index contributed by atoms with van der Waals surface area (Å²) in [5.74, 6) is -1.27. The van der Waals surface area contributed by atoms with Gasteiger partial charge in [-0.05, 0) is 49.8 Å². The molecule has 0 bridgehead atoms. The molecular weight excluding hydrogens is 518 g/mol. The van der Waals surface area contributed by atoms with E-state index in [0.29, 0.717) is 63.0 Å². The molecule has 6 N–H and O–H groups in total. The van der Waals surface area contributed by atoms with E-state index in [1.54, 1.807) is 13.2 Å². The van der Waals surface area contributed by atoms with Crippen molar-refractivity contribution >= 4 is 34.5 Å². The highest BCUT2D eigenvalue weighted by molar-refractivity contribution is 6.01. The monoisotopic (exact) mass is 557 g/mol. The summed E-state index contributed by atoms with van der Waals surface area (Å²) in [5, 5.41) is 9.03. The highest BCUT2D eigenvalue weighted by Gasteiger charge is 2.34. The van der Waals surface area contributed by atoms with Crippen LogP contribution >= 0.6 is 0 Å². The van der Waals surface area contributed by atoms with Crippen molar-refractivity contribution in [1.82, 2.24) is 20.9 Å². The molecule has 4 rings (SSSR count). The molecule has 3 atom stereocenters. The summed E-state index contributed by atoms with van der Waals surface area (Å²) in [6.45, 7) is 2.32. The first-order valence-electron chi connectivity index (χ1n) is 13.8.